The van der Waals surface area contributed by atoms with Gasteiger partial charge in [0.2, 0.25) is 0 Å². The predicted molar refractivity (Wildman–Crippen MR) is 96.0 cm³/mol. The third-order valence-electron chi connectivity index (χ3n) is 5.24. The number of hydrogen-bond donors (Lipinski definition) is 0. The summed E-state index contributed by atoms with van der Waals surface area (Å²) in [5.74, 6) is 0. The first-order valence-electron chi connectivity index (χ1n) is 9.14. The molecule has 0 aromatic carbocycles. The highest BCUT2D eigenvalue weighted by Gasteiger charge is 2.36. The molecule has 2 aromatic rings. The van der Waals surface area contributed by atoms with Gasteiger partial charge in [0.15, 0.2) is 0 Å². The van der Waals surface area contributed by atoms with Crippen LogP contribution in [0.4, 0.5) is 0 Å². The molecule has 0 amide bonds. The molecule has 2 aliphatic heterocycles. The minimum atomic E-state index is 0.325. The molecule has 4 rings (SSSR count). The van der Waals surface area contributed by atoms with Crippen LogP contribution in [0.25, 0.3) is 0 Å². The zero-order chi connectivity index (χ0) is 17.2. The number of rotatable bonds is 5. The monoisotopic (exact) mass is 341 g/mol. The Morgan fingerprint density at radius 1 is 1.24 bits per heavy atom. The second-order valence-electron chi connectivity index (χ2n) is 7.35. The summed E-state index contributed by atoms with van der Waals surface area (Å²) < 4.78 is 8.04. The lowest BCUT2D eigenvalue weighted by molar-refractivity contribution is 0.0439. The van der Waals surface area contributed by atoms with E-state index in [0.29, 0.717) is 18.8 Å². The fourth-order valence-electron chi connectivity index (χ4n) is 4.02. The average Bonchev–Trinajstić information content (AvgIpc) is 3.18. The van der Waals surface area contributed by atoms with E-state index in [0.717, 1.165) is 50.5 Å². The molecular formula is C19H27N5O. The van der Waals surface area contributed by atoms with E-state index in [1.54, 1.807) is 0 Å². The molecule has 4 heterocycles. The van der Waals surface area contributed by atoms with Gasteiger partial charge in [-0.25, -0.2) is 0 Å². The lowest BCUT2D eigenvalue weighted by Gasteiger charge is -2.37. The van der Waals surface area contributed by atoms with Crippen LogP contribution in [0.2, 0.25) is 0 Å². The molecule has 6 heteroatoms. The number of nitrogens with zero attached hydrogens (tertiary/aromatic N) is 5. The van der Waals surface area contributed by atoms with Crippen molar-refractivity contribution in [2.75, 3.05) is 26.2 Å². The van der Waals surface area contributed by atoms with Gasteiger partial charge in [0.05, 0.1) is 24.6 Å². The predicted octanol–water partition coefficient (Wildman–Crippen LogP) is 1.60. The van der Waals surface area contributed by atoms with Gasteiger partial charge in [0.1, 0.15) is 0 Å². The van der Waals surface area contributed by atoms with Crippen molar-refractivity contribution in [3.8, 4) is 0 Å². The van der Waals surface area contributed by atoms with Gasteiger partial charge in [0, 0.05) is 63.3 Å². The topological polar surface area (TPSA) is 46.4 Å². The van der Waals surface area contributed by atoms with E-state index >= 15 is 0 Å². The van der Waals surface area contributed by atoms with Crippen LogP contribution in [0.1, 0.15) is 23.4 Å². The fraction of sp³-hybridized carbons (Fsp3) is 0.579. The Balaban J connectivity index is 1.28. The molecule has 2 atom stereocenters. The molecule has 0 spiro atoms. The summed E-state index contributed by atoms with van der Waals surface area (Å²) >= 11 is 0. The molecule has 2 saturated heterocycles. The van der Waals surface area contributed by atoms with Crippen molar-refractivity contribution >= 4 is 0 Å². The minimum Gasteiger partial charge on any atom is -0.371 e. The van der Waals surface area contributed by atoms with Gasteiger partial charge in [-0.2, -0.15) is 5.10 Å². The molecule has 2 aliphatic rings. The van der Waals surface area contributed by atoms with Gasteiger partial charge >= 0.3 is 0 Å². The van der Waals surface area contributed by atoms with E-state index in [4.69, 9.17) is 4.74 Å². The average molecular weight is 341 g/mol. The lowest BCUT2D eigenvalue weighted by Crippen LogP contribution is -2.49. The summed E-state index contributed by atoms with van der Waals surface area (Å²) in [5.41, 5.74) is 3.38. The molecule has 0 saturated carbocycles. The van der Waals surface area contributed by atoms with Gasteiger partial charge < -0.3 is 4.74 Å². The Morgan fingerprint density at radius 3 is 2.96 bits per heavy atom. The first kappa shape index (κ1) is 16.7. The van der Waals surface area contributed by atoms with Crippen LogP contribution in [0, 0.1) is 6.92 Å². The molecule has 0 bridgehead atoms. The minimum absolute atomic E-state index is 0.325. The van der Waals surface area contributed by atoms with Crippen LogP contribution >= 0.6 is 0 Å². The first-order valence-corrected chi connectivity index (χ1v) is 9.14. The highest BCUT2D eigenvalue weighted by Crippen LogP contribution is 2.25. The van der Waals surface area contributed by atoms with Crippen LogP contribution < -0.4 is 0 Å². The zero-order valence-electron chi connectivity index (χ0n) is 15.1. The van der Waals surface area contributed by atoms with Crippen molar-refractivity contribution in [2.45, 2.75) is 38.6 Å². The van der Waals surface area contributed by atoms with Gasteiger partial charge in [-0.3, -0.25) is 19.5 Å². The summed E-state index contributed by atoms with van der Waals surface area (Å²) in [4.78, 5) is 9.67. The summed E-state index contributed by atoms with van der Waals surface area (Å²) in [7, 11) is 1.98. The first-order chi connectivity index (χ1) is 12.2. The van der Waals surface area contributed by atoms with Crippen LogP contribution in [-0.2, 0) is 24.9 Å². The fourth-order valence-corrected chi connectivity index (χ4v) is 4.02. The summed E-state index contributed by atoms with van der Waals surface area (Å²) in [6, 6.07) is 6.73. The summed E-state index contributed by atoms with van der Waals surface area (Å²) in [6.45, 7) is 8.07. The van der Waals surface area contributed by atoms with E-state index < -0.39 is 0 Å². The largest absolute Gasteiger partial charge is 0.371 e. The van der Waals surface area contributed by atoms with Crippen molar-refractivity contribution < 1.29 is 4.74 Å². The molecule has 0 aliphatic carbocycles. The third kappa shape index (κ3) is 4.08. The van der Waals surface area contributed by atoms with Gasteiger partial charge in [-0.15, -0.1) is 0 Å². The number of aromatic nitrogens is 3. The molecule has 2 fully saturated rings. The van der Waals surface area contributed by atoms with Crippen LogP contribution in [0.5, 0.6) is 0 Å². The Kier molecular flexibility index (Phi) is 4.83. The molecule has 134 valence electrons. The number of ether oxygens (including phenoxy) is 1. The number of fused-ring (bicyclic) bond motifs is 1. The van der Waals surface area contributed by atoms with Crippen LogP contribution in [0.15, 0.2) is 30.6 Å². The van der Waals surface area contributed by atoms with Crippen LogP contribution in [0.3, 0.4) is 0 Å². The van der Waals surface area contributed by atoms with Crippen molar-refractivity contribution in [3.63, 3.8) is 0 Å². The maximum atomic E-state index is 6.16. The van der Waals surface area contributed by atoms with Gasteiger partial charge in [-0.05, 0) is 25.5 Å². The number of pyridine rings is 1. The quantitative estimate of drug-likeness (QED) is 0.827. The van der Waals surface area contributed by atoms with E-state index in [-0.39, 0.29) is 0 Å². The maximum absolute atomic E-state index is 6.16. The Bertz CT molecular complexity index is 715. The second-order valence-corrected chi connectivity index (χ2v) is 7.35. The Morgan fingerprint density at radius 2 is 2.16 bits per heavy atom. The maximum Gasteiger partial charge on any atom is 0.0892 e. The van der Waals surface area contributed by atoms with Gasteiger partial charge in [0.25, 0.3) is 0 Å². The number of hydrogen-bond acceptors (Lipinski definition) is 5. The molecule has 0 radical (unpaired) electrons. The Hall–Kier alpha value is -1.76. The van der Waals surface area contributed by atoms with E-state index in [1.165, 1.54) is 5.56 Å². The normalized spacial score (nSPS) is 24.6. The lowest BCUT2D eigenvalue weighted by atomic mass is 10.1. The van der Waals surface area contributed by atoms with Crippen molar-refractivity contribution in [3.05, 3.63) is 47.5 Å². The summed E-state index contributed by atoms with van der Waals surface area (Å²) in [5, 5.41) is 4.27. The third-order valence-corrected chi connectivity index (χ3v) is 5.24. The zero-order valence-corrected chi connectivity index (χ0v) is 15.1. The standard InChI is InChI=1S/C19H27N5O/c1-15-4-3-5-17(21-15)14-25-19-8-18-12-23(6-7-24(18)13-19)11-16-9-20-22(2)10-16/h3-5,9-10,18-19H,6-8,11-14H2,1-2H3/t18-,19+/m0/s1. The SMILES string of the molecule is Cc1cccc(CO[C@@H]2C[C@H]3CN(Cc4cnn(C)c4)CCN3C2)n1. The van der Waals surface area contributed by atoms with Crippen molar-refractivity contribution in [1.82, 2.24) is 24.6 Å². The van der Waals surface area contributed by atoms with E-state index in [2.05, 4.69) is 32.1 Å². The van der Waals surface area contributed by atoms with Gasteiger partial charge in [-0.1, -0.05) is 6.07 Å². The Labute approximate surface area is 149 Å². The number of aryl methyl sites for hydroxylation is 2. The summed E-state index contributed by atoms with van der Waals surface area (Å²) in [6.07, 6.45) is 5.53. The molecular weight excluding hydrogens is 314 g/mol. The smallest absolute Gasteiger partial charge is 0.0892 e. The molecule has 6 nitrogen and oxygen atoms in total. The molecule has 0 unspecified atom stereocenters. The second kappa shape index (κ2) is 7.23. The van der Waals surface area contributed by atoms with Crippen molar-refractivity contribution in [2.24, 2.45) is 7.05 Å². The van der Waals surface area contributed by atoms with Crippen LogP contribution in [-0.4, -0.2) is 62.9 Å². The molecule has 0 N–H and O–H groups in total. The van der Waals surface area contributed by atoms with E-state index in [9.17, 15) is 0 Å². The van der Waals surface area contributed by atoms with Crippen molar-refractivity contribution in [1.29, 1.82) is 0 Å². The highest BCUT2D eigenvalue weighted by atomic mass is 16.5. The number of piperazine rings is 1. The van der Waals surface area contributed by atoms with E-state index in [1.807, 2.05) is 37.0 Å². The highest BCUT2D eigenvalue weighted by molar-refractivity contribution is 5.09. The molecule has 2 aromatic heterocycles. The molecule has 25 heavy (non-hydrogen) atoms.